The topological polar surface area (TPSA) is 29.9 Å². The number of rotatable bonds is 4. The molecule has 3 heterocycles. The fourth-order valence-corrected chi connectivity index (χ4v) is 4.16. The largest absolute Gasteiger partial charge is 0.437 e. The maximum absolute atomic E-state index is 6.34. The van der Waals surface area contributed by atoms with Crippen LogP contribution in [-0.2, 0) is 19.9 Å². The van der Waals surface area contributed by atoms with Gasteiger partial charge in [0.15, 0.2) is 11.8 Å². The summed E-state index contributed by atoms with van der Waals surface area (Å²) in [6.45, 7) is 11.0. The summed E-state index contributed by atoms with van der Waals surface area (Å²) in [5.74, 6) is 0.509. The van der Waals surface area contributed by atoms with Gasteiger partial charge in [0.25, 0.3) is 0 Å². The molecule has 0 unspecified atom stereocenters. The minimum Gasteiger partial charge on any atom is -0.437 e. The van der Waals surface area contributed by atoms with Crippen LogP contribution in [0.15, 0.2) is 40.9 Å². The summed E-state index contributed by atoms with van der Waals surface area (Å²) in [4.78, 5) is 4.72. The van der Waals surface area contributed by atoms with Crippen molar-refractivity contribution in [2.45, 2.75) is 53.4 Å². The minimum absolute atomic E-state index is 0.509. The first-order valence-electron chi connectivity index (χ1n) is 10.3. The summed E-state index contributed by atoms with van der Waals surface area (Å²) in [5, 5.41) is 2.22. The van der Waals surface area contributed by atoms with E-state index in [1.807, 2.05) is 0 Å². The third-order valence-electron chi connectivity index (χ3n) is 5.79. The van der Waals surface area contributed by atoms with E-state index in [2.05, 4.69) is 82.8 Å². The Labute approximate surface area is 167 Å². The maximum atomic E-state index is 6.34. The number of aromatic nitrogens is 2. The van der Waals surface area contributed by atoms with Crippen LogP contribution in [0.25, 0.3) is 33.3 Å². The third kappa shape index (κ3) is 2.90. The SMILES string of the molecule is CCc1ccc2c(n1)oc1c(-c3cc(CC)c(C(C)C)c[n+]3C)c(C)ccc12. The van der Waals surface area contributed by atoms with Gasteiger partial charge < -0.3 is 4.42 Å². The monoisotopic (exact) mass is 373 g/mol. The Morgan fingerprint density at radius 3 is 2.46 bits per heavy atom. The van der Waals surface area contributed by atoms with E-state index in [0.717, 1.165) is 40.6 Å². The van der Waals surface area contributed by atoms with Crippen molar-refractivity contribution in [3.63, 3.8) is 0 Å². The number of hydrogen-bond donors (Lipinski definition) is 0. The Morgan fingerprint density at radius 1 is 1.04 bits per heavy atom. The average molecular weight is 374 g/mol. The zero-order valence-corrected chi connectivity index (χ0v) is 17.8. The second-order valence-corrected chi connectivity index (χ2v) is 8.00. The van der Waals surface area contributed by atoms with E-state index >= 15 is 0 Å². The summed E-state index contributed by atoms with van der Waals surface area (Å²) in [6.07, 6.45) is 4.22. The van der Waals surface area contributed by atoms with Gasteiger partial charge in [0.1, 0.15) is 7.05 Å². The highest BCUT2D eigenvalue weighted by molar-refractivity contribution is 6.08. The summed E-state index contributed by atoms with van der Waals surface area (Å²) in [5.41, 5.74) is 9.13. The predicted octanol–water partition coefficient (Wildman–Crippen LogP) is 6.03. The molecule has 3 aromatic heterocycles. The molecule has 0 spiro atoms. The van der Waals surface area contributed by atoms with Crippen LogP contribution in [0.4, 0.5) is 0 Å². The molecular weight excluding hydrogens is 344 g/mol. The molecule has 0 saturated carbocycles. The number of hydrogen-bond acceptors (Lipinski definition) is 2. The molecular formula is C25H29N2O+. The molecule has 28 heavy (non-hydrogen) atoms. The van der Waals surface area contributed by atoms with Crippen LogP contribution in [0.1, 0.15) is 56.0 Å². The second-order valence-electron chi connectivity index (χ2n) is 8.00. The molecule has 0 radical (unpaired) electrons. The van der Waals surface area contributed by atoms with Gasteiger partial charge in [-0.25, -0.2) is 9.55 Å². The highest BCUT2D eigenvalue weighted by atomic mass is 16.3. The molecule has 4 rings (SSSR count). The quantitative estimate of drug-likeness (QED) is 0.409. The number of fused-ring (bicyclic) bond motifs is 3. The van der Waals surface area contributed by atoms with Crippen molar-refractivity contribution < 1.29 is 8.98 Å². The van der Waals surface area contributed by atoms with Crippen molar-refractivity contribution in [1.82, 2.24) is 4.98 Å². The van der Waals surface area contributed by atoms with Crippen LogP contribution in [0.5, 0.6) is 0 Å². The first kappa shape index (κ1) is 18.7. The molecule has 0 amide bonds. The molecule has 3 heteroatoms. The summed E-state index contributed by atoms with van der Waals surface area (Å²) < 4.78 is 8.59. The van der Waals surface area contributed by atoms with Crippen LogP contribution >= 0.6 is 0 Å². The minimum atomic E-state index is 0.509. The molecule has 0 aliphatic rings. The normalized spacial score (nSPS) is 11.8. The van der Waals surface area contributed by atoms with Crippen molar-refractivity contribution in [2.24, 2.45) is 7.05 Å². The average Bonchev–Trinajstić information content (AvgIpc) is 3.05. The lowest BCUT2D eigenvalue weighted by molar-refractivity contribution is -0.660. The molecule has 144 valence electrons. The zero-order chi connectivity index (χ0) is 20.0. The van der Waals surface area contributed by atoms with Crippen molar-refractivity contribution in [2.75, 3.05) is 0 Å². The Kier molecular flexibility index (Phi) is 4.70. The lowest BCUT2D eigenvalue weighted by Crippen LogP contribution is -2.32. The molecule has 1 aromatic carbocycles. The molecule has 0 saturated heterocycles. The van der Waals surface area contributed by atoms with Crippen molar-refractivity contribution >= 4 is 22.1 Å². The molecule has 0 fully saturated rings. The van der Waals surface area contributed by atoms with Gasteiger partial charge in [-0.2, -0.15) is 0 Å². The second kappa shape index (κ2) is 7.05. The van der Waals surface area contributed by atoms with Crippen LogP contribution in [-0.4, -0.2) is 4.98 Å². The highest BCUT2D eigenvalue weighted by Gasteiger charge is 2.23. The molecule has 0 bridgehead atoms. The van der Waals surface area contributed by atoms with Crippen molar-refractivity contribution in [1.29, 1.82) is 0 Å². The van der Waals surface area contributed by atoms with E-state index in [0.29, 0.717) is 5.92 Å². The Hall–Kier alpha value is -2.68. The predicted molar refractivity (Wildman–Crippen MR) is 116 cm³/mol. The molecule has 0 atom stereocenters. The fraction of sp³-hybridized carbons (Fsp3) is 0.360. The number of benzene rings is 1. The van der Waals surface area contributed by atoms with Gasteiger partial charge in [0.05, 0.1) is 5.56 Å². The fourth-order valence-electron chi connectivity index (χ4n) is 4.16. The number of aryl methyl sites for hydroxylation is 4. The smallest absolute Gasteiger partial charge is 0.227 e. The molecule has 4 aromatic rings. The van der Waals surface area contributed by atoms with Gasteiger partial charge in [-0.1, -0.05) is 39.8 Å². The number of pyridine rings is 2. The van der Waals surface area contributed by atoms with E-state index < -0.39 is 0 Å². The molecule has 3 nitrogen and oxygen atoms in total. The number of furan rings is 1. The van der Waals surface area contributed by atoms with Crippen LogP contribution in [0.3, 0.4) is 0 Å². The van der Waals surface area contributed by atoms with E-state index in [1.54, 1.807) is 0 Å². The summed E-state index contributed by atoms with van der Waals surface area (Å²) >= 11 is 0. The standard InChI is InChI=1S/C25H29N2O/c1-7-17-13-22(27(6)14-21(17)15(3)4)23-16(5)9-11-19-20-12-10-18(8-2)26-25(20)28-24(19)23/h9-15H,7-8H2,1-6H3/q+1. The van der Waals surface area contributed by atoms with E-state index in [9.17, 15) is 0 Å². The number of nitrogens with zero attached hydrogens (tertiary/aromatic N) is 2. The van der Waals surface area contributed by atoms with Gasteiger partial charge in [0.2, 0.25) is 11.4 Å². The lowest BCUT2D eigenvalue weighted by atomic mass is 9.94. The van der Waals surface area contributed by atoms with Gasteiger partial charge >= 0.3 is 0 Å². The third-order valence-corrected chi connectivity index (χ3v) is 5.79. The Balaban J connectivity index is 2.04. The summed E-state index contributed by atoms with van der Waals surface area (Å²) in [7, 11) is 2.13. The highest BCUT2D eigenvalue weighted by Crippen LogP contribution is 2.37. The van der Waals surface area contributed by atoms with Crippen molar-refractivity contribution in [3.8, 4) is 11.3 Å². The first-order chi connectivity index (χ1) is 13.4. The van der Waals surface area contributed by atoms with Gasteiger partial charge in [-0.05, 0) is 48.9 Å². The Bertz CT molecular complexity index is 1180. The van der Waals surface area contributed by atoms with Crippen LogP contribution in [0.2, 0.25) is 0 Å². The van der Waals surface area contributed by atoms with E-state index in [-0.39, 0.29) is 0 Å². The first-order valence-corrected chi connectivity index (χ1v) is 10.3. The maximum Gasteiger partial charge on any atom is 0.227 e. The molecule has 0 aliphatic carbocycles. The van der Waals surface area contributed by atoms with Crippen LogP contribution < -0.4 is 4.57 Å². The van der Waals surface area contributed by atoms with Gasteiger partial charge in [-0.3, -0.25) is 0 Å². The van der Waals surface area contributed by atoms with E-state index in [4.69, 9.17) is 9.40 Å². The van der Waals surface area contributed by atoms with E-state index in [1.165, 1.54) is 27.9 Å². The zero-order valence-electron chi connectivity index (χ0n) is 17.8. The lowest BCUT2D eigenvalue weighted by Gasteiger charge is -2.13. The van der Waals surface area contributed by atoms with Gasteiger partial charge in [0, 0.05) is 28.1 Å². The van der Waals surface area contributed by atoms with Crippen molar-refractivity contribution in [3.05, 3.63) is 58.9 Å². The van der Waals surface area contributed by atoms with Crippen LogP contribution in [0, 0.1) is 6.92 Å². The van der Waals surface area contributed by atoms with Gasteiger partial charge in [-0.15, -0.1) is 0 Å². The summed E-state index contributed by atoms with van der Waals surface area (Å²) in [6, 6.07) is 10.9. The molecule has 0 aliphatic heterocycles. The Morgan fingerprint density at radius 2 is 1.79 bits per heavy atom. The molecule has 0 N–H and O–H groups in total.